The Labute approximate surface area is 133 Å². The maximum Gasteiger partial charge on any atom is 0.490 e. The molecule has 0 spiro atoms. The first-order chi connectivity index (χ1) is 10.1. The van der Waals surface area contributed by atoms with Crippen LogP contribution in [0, 0.1) is 0 Å². The summed E-state index contributed by atoms with van der Waals surface area (Å²) in [6.07, 6.45) is -5.08. The van der Waals surface area contributed by atoms with Crippen LogP contribution in [0.2, 0.25) is 0 Å². The fraction of sp³-hybridized carbons (Fsp3) is 0.500. The highest BCUT2D eigenvalue weighted by Gasteiger charge is 2.44. The highest BCUT2D eigenvalue weighted by Crippen LogP contribution is 2.42. The molecule has 1 aromatic rings. The molecule has 3 rings (SSSR count). The summed E-state index contributed by atoms with van der Waals surface area (Å²) in [5.74, 6) is -2.26. The van der Waals surface area contributed by atoms with Gasteiger partial charge in [0.1, 0.15) is 0 Å². The Bertz CT molecular complexity index is 579. The molecule has 0 radical (unpaired) electrons. The first kappa shape index (κ1) is 17.2. The Hall–Kier alpha value is -1.12. The fourth-order valence-electron chi connectivity index (χ4n) is 2.69. The lowest BCUT2D eigenvalue weighted by molar-refractivity contribution is -0.192. The van der Waals surface area contributed by atoms with Crippen molar-refractivity contribution in [3.8, 4) is 0 Å². The average molecular weight is 382 g/mol. The third kappa shape index (κ3) is 3.44. The van der Waals surface area contributed by atoms with E-state index in [1.807, 2.05) is 0 Å². The molecule has 2 atom stereocenters. The van der Waals surface area contributed by atoms with Gasteiger partial charge < -0.3 is 15.2 Å². The van der Waals surface area contributed by atoms with E-state index in [9.17, 15) is 13.2 Å². The molecule has 2 aliphatic rings. The van der Waals surface area contributed by atoms with E-state index in [0.717, 1.165) is 19.7 Å². The summed E-state index contributed by atoms with van der Waals surface area (Å²) in [6.45, 7) is 4.93. The van der Waals surface area contributed by atoms with Crippen LogP contribution in [0.3, 0.4) is 0 Å². The molecule has 0 aromatic heterocycles. The minimum Gasteiger partial charge on any atom is -0.475 e. The number of carboxylic acids is 1. The van der Waals surface area contributed by atoms with E-state index in [2.05, 4.69) is 46.4 Å². The van der Waals surface area contributed by atoms with Crippen LogP contribution < -0.4 is 5.32 Å². The molecule has 0 aliphatic carbocycles. The largest absolute Gasteiger partial charge is 0.490 e. The average Bonchev–Trinajstić information content (AvgIpc) is 2.81. The van der Waals surface area contributed by atoms with Crippen molar-refractivity contribution in [2.24, 2.45) is 0 Å². The van der Waals surface area contributed by atoms with Gasteiger partial charge in [-0.3, -0.25) is 0 Å². The lowest BCUT2D eigenvalue weighted by Gasteiger charge is -2.37. The molecule has 0 saturated carbocycles. The minimum atomic E-state index is -5.08. The van der Waals surface area contributed by atoms with Gasteiger partial charge in [-0.25, -0.2) is 4.79 Å². The van der Waals surface area contributed by atoms with Crippen molar-refractivity contribution in [1.82, 2.24) is 5.32 Å². The number of nitrogens with one attached hydrogen (secondary N) is 1. The van der Waals surface area contributed by atoms with Gasteiger partial charge >= 0.3 is 12.1 Å². The topological polar surface area (TPSA) is 58.6 Å². The van der Waals surface area contributed by atoms with Crippen LogP contribution in [-0.4, -0.2) is 35.9 Å². The summed E-state index contributed by atoms with van der Waals surface area (Å²) in [5, 5.41) is 10.5. The SMILES string of the molecule is C[C@@]12CNC[C@@H]1c1cccc(Br)c1CO2.O=C(O)C(F)(F)F. The fourth-order valence-corrected chi connectivity index (χ4v) is 3.18. The lowest BCUT2D eigenvalue weighted by Crippen LogP contribution is -2.39. The van der Waals surface area contributed by atoms with Crippen LogP contribution in [0.4, 0.5) is 13.2 Å². The molecule has 122 valence electrons. The van der Waals surface area contributed by atoms with Gasteiger partial charge in [0, 0.05) is 23.5 Å². The summed E-state index contributed by atoms with van der Waals surface area (Å²) in [4.78, 5) is 8.90. The minimum absolute atomic E-state index is 0.00616. The zero-order valence-electron chi connectivity index (χ0n) is 11.7. The predicted octanol–water partition coefficient (Wildman–Crippen LogP) is 3.06. The van der Waals surface area contributed by atoms with Gasteiger partial charge in [-0.1, -0.05) is 28.1 Å². The zero-order valence-corrected chi connectivity index (χ0v) is 13.3. The number of hydrogen-bond acceptors (Lipinski definition) is 3. The molecule has 1 saturated heterocycles. The Morgan fingerprint density at radius 2 is 2.14 bits per heavy atom. The van der Waals surface area contributed by atoms with Gasteiger partial charge in [0.25, 0.3) is 0 Å². The number of alkyl halides is 3. The molecule has 4 nitrogen and oxygen atoms in total. The second-order valence-corrected chi connectivity index (χ2v) is 6.25. The number of fused-ring (bicyclic) bond motifs is 3. The molecular formula is C14H15BrF3NO3. The summed E-state index contributed by atoms with van der Waals surface area (Å²) >= 11 is 3.60. The quantitative estimate of drug-likeness (QED) is 0.724. The third-order valence-corrected chi connectivity index (χ3v) is 4.62. The monoisotopic (exact) mass is 381 g/mol. The molecule has 1 aromatic carbocycles. The predicted molar refractivity (Wildman–Crippen MR) is 76.6 cm³/mol. The van der Waals surface area contributed by atoms with Crippen LogP contribution in [0.5, 0.6) is 0 Å². The number of hydrogen-bond donors (Lipinski definition) is 2. The molecule has 2 heterocycles. The number of ether oxygens (including phenoxy) is 1. The zero-order chi connectivity index (χ0) is 16.5. The molecular weight excluding hydrogens is 367 g/mol. The molecule has 22 heavy (non-hydrogen) atoms. The molecule has 1 fully saturated rings. The molecule has 2 aliphatic heterocycles. The smallest absolute Gasteiger partial charge is 0.475 e. The van der Waals surface area contributed by atoms with Crippen LogP contribution >= 0.6 is 15.9 Å². The van der Waals surface area contributed by atoms with Crippen molar-refractivity contribution < 1.29 is 27.8 Å². The maximum absolute atomic E-state index is 10.6. The number of halogens is 4. The first-order valence-electron chi connectivity index (χ1n) is 6.57. The van der Waals surface area contributed by atoms with Crippen LogP contribution in [-0.2, 0) is 16.1 Å². The number of carbonyl (C=O) groups is 1. The summed E-state index contributed by atoms with van der Waals surface area (Å²) in [7, 11) is 0. The molecule has 2 N–H and O–H groups in total. The molecule has 8 heteroatoms. The third-order valence-electron chi connectivity index (χ3n) is 3.88. The Balaban J connectivity index is 0.000000217. The number of rotatable bonds is 0. The standard InChI is InChI=1S/C12H14BrNO.C2HF3O2/c1-12-7-14-5-10(12)8-3-2-4-11(13)9(8)6-15-12;3-2(4,5)1(6)7/h2-4,10,14H,5-7H2,1H3;(H,6,7)/t10-,12-;/m1./s1. The van der Waals surface area contributed by atoms with Gasteiger partial charge in [0.2, 0.25) is 0 Å². The summed E-state index contributed by atoms with van der Waals surface area (Å²) in [6, 6.07) is 6.44. The van der Waals surface area contributed by atoms with Crippen LogP contribution in [0.15, 0.2) is 22.7 Å². The van der Waals surface area contributed by atoms with Crippen molar-refractivity contribution in [2.45, 2.75) is 31.2 Å². The second kappa shape index (κ2) is 6.17. The van der Waals surface area contributed by atoms with E-state index in [1.165, 1.54) is 15.6 Å². The first-order valence-corrected chi connectivity index (χ1v) is 7.36. The van der Waals surface area contributed by atoms with Crippen molar-refractivity contribution in [1.29, 1.82) is 0 Å². The van der Waals surface area contributed by atoms with Crippen LogP contribution in [0.25, 0.3) is 0 Å². The van der Waals surface area contributed by atoms with E-state index in [1.54, 1.807) is 0 Å². The Kier molecular flexibility index (Phi) is 4.84. The van der Waals surface area contributed by atoms with Crippen molar-refractivity contribution in [3.63, 3.8) is 0 Å². The highest BCUT2D eigenvalue weighted by molar-refractivity contribution is 9.10. The van der Waals surface area contributed by atoms with Gasteiger partial charge in [-0.15, -0.1) is 0 Å². The normalized spacial score (nSPS) is 26.5. The molecule has 0 unspecified atom stereocenters. The van der Waals surface area contributed by atoms with Gasteiger partial charge in [0.05, 0.1) is 12.2 Å². The number of benzene rings is 1. The van der Waals surface area contributed by atoms with Crippen molar-refractivity contribution >= 4 is 21.9 Å². The van der Waals surface area contributed by atoms with E-state index in [0.29, 0.717) is 5.92 Å². The number of carboxylic acid groups (broad SMARTS) is 1. The summed E-state index contributed by atoms with van der Waals surface area (Å²) in [5.41, 5.74) is 2.76. The second-order valence-electron chi connectivity index (χ2n) is 5.40. The van der Waals surface area contributed by atoms with E-state index >= 15 is 0 Å². The summed E-state index contributed by atoms with van der Waals surface area (Å²) < 4.78 is 38.9. The van der Waals surface area contributed by atoms with E-state index in [4.69, 9.17) is 14.6 Å². The molecule has 0 amide bonds. The van der Waals surface area contributed by atoms with Crippen molar-refractivity contribution in [3.05, 3.63) is 33.8 Å². The van der Waals surface area contributed by atoms with E-state index in [-0.39, 0.29) is 5.60 Å². The van der Waals surface area contributed by atoms with Crippen LogP contribution in [0.1, 0.15) is 24.0 Å². The van der Waals surface area contributed by atoms with Gasteiger partial charge in [-0.05, 0) is 24.1 Å². The highest BCUT2D eigenvalue weighted by atomic mass is 79.9. The van der Waals surface area contributed by atoms with Gasteiger partial charge in [0.15, 0.2) is 0 Å². The number of aliphatic carboxylic acids is 1. The Morgan fingerprint density at radius 3 is 2.73 bits per heavy atom. The maximum atomic E-state index is 10.6. The van der Waals surface area contributed by atoms with Gasteiger partial charge in [-0.2, -0.15) is 13.2 Å². The molecule has 0 bridgehead atoms. The lowest BCUT2D eigenvalue weighted by atomic mass is 9.82. The Morgan fingerprint density at radius 1 is 1.50 bits per heavy atom. The van der Waals surface area contributed by atoms with E-state index < -0.39 is 12.1 Å². The van der Waals surface area contributed by atoms with Crippen molar-refractivity contribution in [2.75, 3.05) is 13.1 Å².